The number of carbonyl (C=O) groups is 2. The Morgan fingerprint density at radius 2 is 1.90 bits per heavy atom. The zero-order chi connectivity index (χ0) is 15.6. The molecule has 2 N–H and O–H groups in total. The summed E-state index contributed by atoms with van der Waals surface area (Å²) in [6, 6.07) is 6.63. The van der Waals surface area contributed by atoms with Gasteiger partial charge >= 0.3 is 0 Å². The number of hydrogen-bond acceptors (Lipinski definition) is 3. The first-order valence-electron chi connectivity index (χ1n) is 5.70. The molecular formula is C13H9Br2ClN2O2S. The Balaban J connectivity index is 2.14. The molecule has 0 saturated carbocycles. The molecule has 0 radical (unpaired) electrons. The molecule has 21 heavy (non-hydrogen) atoms. The standard InChI is InChI=1S/C13H9Br2ClN2O2S/c1-6(19)17-10-3-2-7(4-9(10)16)18-13(20)11-5-8(14)12(15)21-11/h2-5H,1H3,(H,17,19)(H,18,20). The number of amides is 2. The quantitative estimate of drug-likeness (QED) is 0.678. The Morgan fingerprint density at radius 1 is 1.19 bits per heavy atom. The van der Waals surface area contributed by atoms with Gasteiger partial charge in [0.2, 0.25) is 5.91 Å². The number of nitrogens with one attached hydrogen (secondary N) is 2. The SMILES string of the molecule is CC(=O)Nc1ccc(NC(=O)c2cc(Br)c(Br)s2)cc1Cl. The van der Waals surface area contributed by atoms with Crippen LogP contribution in [-0.4, -0.2) is 11.8 Å². The Morgan fingerprint density at radius 3 is 2.43 bits per heavy atom. The number of halogens is 3. The summed E-state index contributed by atoms with van der Waals surface area (Å²) in [7, 11) is 0. The lowest BCUT2D eigenvalue weighted by molar-refractivity contribution is -0.114. The number of carbonyl (C=O) groups excluding carboxylic acids is 2. The van der Waals surface area contributed by atoms with Gasteiger partial charge in [0.25, 0.3) is 5.91 Å². The minimum Gasteiger partial charge on any atom is -0.325 e. The molecule has 2 aromatic rings. The highest BCUT2D eigenvalue weighted by atomic mass is 79.9. The molecule has 4 nitrogen and oxygen atoms in total. The third-order valence-electron chi connectivity index (χ3n) is 2.41. The van der Waals surface area contributed by atoms with Crippen molar-refractivity contribution < 1.29 is 9.59 Å². The van der Waals surface area contributed by atoms with Crippen LogP contribution in [-0.2, 0) is 4.79 Å². The molecule has 0 atom stereocenters. The fourth-order valence-electron chi connectivity index (χ4n) is 1.54. The molecule has 0 unspecified atom stereocenters. The molecule has 0 saturated heterocycles. The van der Waals surface area contributed by atoms with Crippen LogP contribution in [0.5, 0.6) is 0 Å². The van der Waals surface area contributed by atoms with Crippen LogP contribution in [0.25, 0.3) is 0 Å². The molecule has 8 heteroatoms. The summed E-state index contributed by atoms with van der Waals surface area (Å²) < 4.78 is 1.68. The number of thiophene rings is 1. The van der Waals surface area contributed by atoms with Crippen LogP contribution < -0.4 is 10.6 Å². The fraction of sp³-hybridized carbons (Fsp3) is 0.0769. The van der Waals surface area contributed by atoms with Gasteiger partial charge < -0.3 is 10.6 Å². The lowest BCUT2D eigenvalue weighted by Gasteiger charge is -2.08. The third kappa shape index (κ3) is 4.29. The Kier molecular flexibility index (Phi) is 5.43. The zero-order valence-corrected chi connectivity index (χ0v) is 15.4. The summed E-state index contributed by atoms with van der Waals surface area (Å²) >= 11 is 14.1. The summed E-state index contributed by atoms with van der Waals surface area (Å²) in [5, 5.41) is 5.71. The van der Waals surface area contributed by atoms with Gasteiger partial charge in [0.05, 0.1) is 19.4 Å². The average Bonchev–Trinajstić information content (AvgIpc) is 2.73. The predicted molar refractivity (Wildman–Crippen MR) is 93.4 cm³/mol. The topological polar surface area (TPSA) is 58.2 Å². The fourth-order valence-corrected chi connectivity index (χ4v) is 3.69. The molecule has 1 aromatic heterocycles. The van der Waals surface area contributed by atoms with Crippen molar-refractivity contribution in [1.29, 1.82) is 0 Å². The van der Waals surface area contributed by atoms with E-state index in [9.17, 15) is 9.59 Å². The maximum absolute atomic E-state index is 12.1. The number of benzene rings is 1. The van der Waals surface area contributed by atoms with E-state index in [1.165, 1.54) is 18.3 Å². The van der Waals surface area contributed by atoms with Gasteiger partial charge in [-0.2, -0.15) is 0 Å². The van der Waals surface area contributed by atoms with Crippen molar-refractivity contribution in [2.75, 3.05) is 10.6 Å². The minimum atomic E-state index is -0.227. The van der Waals surface area contributed by atoms with E-state index in [1.54, 1.807) is 24.3 Å². The van der Waals surface area contributed by atoms with E-state index in [-0.39, 0.29) is 11.8 Å². The average molecular weight is 453 g/mol. The van der Waals surface area contributed by atoms with Crippen molar-refractivity contribution in [2.45, 2.75) is 6.92 Å². The molecule has 2 amide bonds. The normalized spacial score (nSPS) is 10.3. The van der Waals surface area contributed by atoms with Gasteiger partial charge in [-0.15, -0.1) is 11.3 Å². The first-order valence-corrected chi connectivity index (χ1v) is 8.48. The van der Waals surface area contributed by atoms with E-state index < -0.39 is 0 Å². The maximum atomic E-state index is 12.1. The van der Waals surface area contributed by atoms with Crippen molar-refractivity contribution >= 4 is 78.0 Å². The number of rotatable bonds is 3. The van der Waals surface area contributed by atoms with Crippen LogP contribution in [0.15, 0.2) is 32.5 Å². The van der Waals surface area contributed by atoms with Crippen LogP contribution in [0.4, 0.5) is 11.4 Å². The molecule has 2 rings (SSSR count). The Hall–Kier alpha value is -0.890. The zero-order valence-electron chi connectivity index (χ0n) is 10.7. The summed E-state index contributed by atoms with van der Waals surface area (Å²) in [4.78, 5) is 23.7. The van der Waals surface area contributed by atoms with Gasteiger partial charge in [-0.1, -0.05) is 11.6 Å². The van der Waals surface area contributed by atoms with Gasteiger partial charge in [-0.05, 0) is 56.1 Å². The van der Waals surface area contributed by atoms with Gasteiger partial charge in [0.15, 0.2) is 0 Å². The van der Waals surface area contributed by atoms with Crippen LogP contribution in [0.1, 0.15) is 16.6 Å². The van der Waals surface area contributed by atoms with Gasteiger partial charge in [-0.25, -0.2) is 0 Å². The highest BCUT2D eigenvalue weighted by Gasteiger charge is 2.13. The summed E-state index contributed by atoms with van der Waals surface area (Å²) in [5.74, 6) is -0.434. The molecular weight excluding hydrogens is 443 g/mol. The summed E-state index contributed by atoms with van der Waals surface area (Å²) in [6.45, 7) is 1.40. The van der Waals surface area contributed by atoms with Gasteiger partial charge in [0, 0.05) is 17.1 Å². The van der Waals surface area contributed by atoms with Crippen molar-refractivity contribution in [3.63, 3.8) is 0 Å². The highest BCUT2D eigenvalue weighted by molar-refractivity contribution is 9.13. The molecule has 0 spiro atoms. The number of anilines is 2. The molecule has 1 aromatic carbocycles. The largest absolute Gasteiger partial charge is 0.325 e. The molecule has 0 bridgehead atoms. The van der Waals surface area contributed by atoms with Crippen molar-refractivity contribution in [3.05, 3.63) is 42.4 Å². The van der Waals surface area contributed by atoms with Crippen molar-refractivity contribution in [3.8, 4) is 0 Å². The number of hydrogen-bond donors (Lipinski definition) is 2. The Labute approximate surface area is 147 Å². The van der Waals surface area contributed by atoms with Crippen molar-refractivity contribution in [1.82, 2.24) is 0 Å². The third-order valence-corrected chi connectivity index (χ3v) is 5.97. The molecule has 0 aliphatic heterocycles. The Bertz CT molecular complexity index is 699. The predicted octanol–water partition coefficient (Wildman–Crippen LogP) is 5.14. The summed E-state index contributed by atoms with van der Waals surface area (Å²) in [5.41, 5.74) is 1.06. The van der Waals surface area contributed by atoms with Crippen LogP contribution in [0.2, 0.25) is 5.02 Å². The minimum absolute atomic E-state index is 0.207. The molecule has 1 heterocycles. The second kappa shape index (κ2) is 6.91. The van der Waals surface area contributed by atoms with E-state index >= 15 is 0 Å². The second-order valence-corrected chi connectivity index (χ2v) is 7.69. The summed E-state index contributed by atoms with van der Waals surface area (Å²) in [6.07, 6.45) is 0. The second-order valence-electron chi connectivity index (χ2n) is 4.06. The first kappa shape index (κ1) is 16.5. The van der Waals surface area contributed by atoms with Gasteiger partial charge in [-0.3, -0.25) is 9.59 Å². The smallest absolute Gasteiger partial charge is 0.265 e. The monoisotopic (exact) mass is 450 g/mol. The molecule has 0 aliphatic carbocycles. The van der Waals surface area contributed by atoms with Crippen LogP contribution in [0, 0.1) is 0 Å². The highest BCUT2D eigenvalue weighted by Crippen LogP contribution is 2.33. The van der Waals surface area contributed by atoms with Gasteiger partial charge in [0.1, 0.15) is 0 Å². The van der Waals surface area contributed by atoms with E-state index in [1.807, 2.05) is 0 Å². The van der Waals surface area contributed by atoms with Crippen LogP contribution >= 0.6 is 54.8 Å². The first-order chi connectivity index (χ1) is 9.86. The van der Waals surface area contributed by atoms with E-state index in [0.29, 0.717) is 21.3 Å². The lowest BCUT2D eigenvalue weighted by atomic mass is 10.2. The van der Waals surface area contributed by atoms with E-state index in [0.717, 1.165) is 8.26 Å². The van der Waals surface area contributed by atoms with Crippen molar-refractivity contribution in [2.24, 2.45) is 0 Å². The molecule has 0 aliphatic rings. The van der Waals surface area contributed by atoms with E-state index in [4.69, 9.17) is 11.6 Å². The molecule has 110 valence electrons. The maximum Gasteiger partial charge on any atom is 0.265 e. The molecule has 0 fully saturated rings. The van der Waals surface area contributed by atoms with E-state index in [2.05, 4.69) is 42.5 Å². The van der Waals surface area contributed by atoms with Crippen LogP contribution in [0.3, 0.4) is 0 Å². The lowest BCUT2D eigenvalue weighted by Crippen LogP contribution is -2.11.